The standard InChI is InChI=1S/C26H39NO4/c1-21(11-8-9-14-22-12-5-4-6-13-22)24(28)18-16-23-17-19-25(29)27(23)20-10-3-2-7-15-26(30)31/h4-6,12-13,16,18,21,23-24,28H,2-3,7-11,14-15,17,19-20H2,1H3,(H,30,31)/t21-,23+,24+/m1/s1. The average molecular weight is 430 g/mol. The van der Waals surface area contributed by atoms with Gasteiger partial charge in [0.15, 0.2) is 0 Å². The van der Waals surface area contributed by atoms with E-state index in [2.05, 4.69) is 31.2 Å². The molecule has 0 radical (unpaired) electrons. The van der Waals surface area contributed by atoms with Gasteiger partial charge in [-0.1, -0.05) is 68.7 Å². The largest absolute Gasteiger partial charge is 0.481 e. The topological polar surface area (TPSA) is 77.8 Å². The maximum atomic E-state index is 12.2. The van der Waals surface area contributed by atoms with Crippen LogP contribution in [-0.2, 0) is 16.0 Å². The van der Waals surface area contributed by atoms with Crippen LogP contribution in [0.25, 0.3) is 0 Å². The molecule has 1 aliphatic heterocycles. The summed E-state index contributed by atoms with van der Waals surface area (Å²) in [5, 5.41) is 19.2. The first-order valence-electron chi connectivity index (χ1n) is 11.9. The normalized spacial score (nSPS) is 18.6. The summed E-state index contributed by atoms with van der Waals surface area (Å²) in [4.78, 5) is 24.7. The van der Waals surface area contributed by atoms with Crippen LogP contribution >= 0.6 is 0 Å². The number of carbonyl (C=O) groups is 2. The van der Waals surface area contributed by atoms with E-state index in [0.717, 1.165) is 51.4 Å². The molecular weight excluding hydrogens is 390 g/mol. The van der Waals surface area contributed by atoms with Gasteiger partial charge >= 0.3 is 5.97 Å². The van der Waals surface area contributed by atoms with E-state index in [-0.39, 0.29) is 24.3 Å². The molecule has 1 fully saturated rings. The highest BCUT2D eigenvalue weighted by atomic mass is 16.4. The molecule has 0 spiro atoms. The summed E-state index contributed by atoms with van der Waals surface area (Å²) in [7, 11) is 0. The van der Waals surface area contributed by atoms with Gasteiger partial charge in [0.2, 0.25) is 5.91 Å². The number of likely N-dealkylation sites (tertiary alicyclic amines) is 1. The second kappa shape index (κ2) is 14.0. The van der Waals surface area contributed by atoms with Crippen molar-refractivity contribution in [2.24, 2.45) is 5.92 Å². The molecule has 0 aromatic heterocycles. The van der Waals surface area contributed by atoms with E-state index >= 15 is 0 Å². The Morgan fingerprint density at radius 1 is 1.13 bits per heavy atom. The van der Waals surface area contributed by atoms with E-state index in [9.17, 15) is 14.7 Å². The Labute approximate surface area is 187 Å². The fraction of sp³-hybridized carbons (Fsp3) is 0.615. The van der Waals surface area contributed by atoms with Gasteiger partial charge in [0, 0.05) is 19.4 Å². The smallest absolute Gasteiger partial charge is 0.303 e. The van der Waals surface area contributed by atoms with Crippen LogP contribution in [0.3, 0.4) is 0 Å². The Morgan fingerprint density at radius 3 is 2.61 bits per heavy atom. The molecular formula is C26H39NO4. The fourth-order valence-electron chi connectivity index (χ4n) is 4.20. The van der Waals surface area contributed by atoms with Crippen molar-refractivity contribution in [1.29, 1.82) is 0 Å². The zero-order valence-corrected chi connectivity index (χ0v) is 18.9. The summed E-state index contributed by atoms with van der Waals surface area (Å²) in [6.45, 7) is 2.80. The van der Waals surface area contributed by atoms with Crippen molar-refractivity contribution < 1.29 is 19.8 Å². The predicted molar refractivity (Wildman–Crippen MR) is 124 cm³/mol. The molecule has 2 N–H and O–H groups in total. The van der Waals surface area contributed by atoms with Crippen LogP contribution in [0.5, 0.6) is 0 Å². The summed E-state index contributed by atoms with van der Waals surface area (Å²) in [6, 6.07) is 10.6. The number of carboxylic acids is 1. The monoisotopic (exact) mass is 429 g/mol. The van der Waals surface area contributed by atoms with Gasteiger partial charge in [-0.25, -0.2) is 0 Å². The number of carbonyl (C=O) groups excluding carboxylic acids is 1. The lowest BCUT2D eigenvalue weighted by Crippen LogP contribution is -2.33. The molecule has 0 unspecified atom stereocenters. The lowest BCUT2D eigenvalue weighted by Gasteiger charge is -2.23. The third kappa shape index (κ3) is 9.69. The highest BCUT2D eigenvalue weighted by Gasteiger charge is 2.28. The van der Waals surface area contributed by atoms with E-state index in [1.807, 2.05) is 23.1 Å². The third-order valence-electron chi connectivity index (χ3n) is 6.25. The van der Waals surface area contributed by atoms with Gasteiger partial charge in [0.05, 0.1) is 12.1 Å². The van der Waals surface area contributed by atoms with E-state index in [4.69, 9.17) is 5.11 Å². The quantitative estimate of drug-likeness (QED) is 0.304. The molecule has 1 heterocycles. The van der Waals surface area contributed by atoms with Gasteiger partial charge in [-0.15, -0.1) is 0 Å². The molecule has 0 saturated carbocycles. The Bertz CT molecular complexity index is 688. The average Bonchev–Trinajstić information content (AvgIpc) is 3.11. The molecule has 1 aromatic carbocycles. The van der Waals surface area contributed by atoms with E-state index in [0.29, 0.717) is 19.4 Å². The van der Waals surface area contributed by atoms with E-state index in [1.165, 1.54) is 5.56 Å². The van der Waals surface area contributed by atoms with Crippen LogP contribution in [0.1, 0.15) is 76.7 Å². The summed E-state index contributed by atoms with van der Waals surface area (Å²) in [5.41, 5.74) is 1.36. The van der Waals surface area contributed by atoms with E-state index in [1.54, 1.807) is 0 Å². The van der Waals surface area contributed by atoms with Gasteiger partial charge in [-0.05, 0) is 50.0 Å². The number of aryl methyl sites for hydroxylation is 1. The molecule has 1 amide bonds. The molecule has 31 heavy (non-hydrogen) atoms. The molecule has 0 bridgehead atoms. The minimum Gasteiger partial charge on any atom is -0.481 e. The second-order valence-electron chi connectivity index (χ2n) is 8.84. The van der Waals surface area contributed by atoms with Crippen LogP contribution in [0, 0.1) is 5.92 Å². The van der Waals surface area contributed by atoms with Gasteiger partial charge in [0.1, 0.15) is 0 Å². The number of carboxylic acid groups (broad SMARTS) is 1. The number of rotatable bonds is 15. The first-order valence-corrected chi connectivity index (χ1v) is 11.9. The van der Waals surface area contributed by atoms with Crippen molar-refractivity contribution in [3.05, 3.63) is 48.0 Å². The molecule has 0 aliphatic carbocycles. The molecule has 1 saturated heterocycles. The number of aliphatic hydroxyl groups excluding tert-OH is 1. The van der Waals surface area contributed by atoms with Crippen molar-refractivity contribution in [3.63, 3.8) is 0 Å². The molecule has 5 nitrogen and oxygen atoms in total. The lowest BCUT2D eigenvalue weighted by atomic mass is 9.95. The van der Waals surface area contributed by atoms with Crippen LogP contribution in [0.2, 0.25) is 0 Å². The molecule has 1 aliphatic rings. The van der Waals surface area contributed by atoms with Gasteiger partial charge in [0.25, 0.3) is 0 Å². The minimum atomic E-state index is -0.746. The van der Waals surface area contributed by atoms with Crippen molar-refractivity contribution >= 4 is 11.9 Å². The zero-order valence-electron chi connectivity index (χ0n) is 18.9. The second-order valence-corrected chi connectivity index (χ2v) is 8.84. The Balaban J connectivity index is 1.66. The zero-order chi connectivity index (χ0) is 22.5. The minimum absolute atomic E-state index is 0.0754. The van der Waals surface area contributed by atoms with Crippen LogP contribution in [-0.4, -0.2) is 45.7 Å². The first-order chi connectivity index (χ1) is 15.0. The van der Waals surface area contributed by atoms with Crippen molar-refractivity contribution in [2.45, 2.75) is 89.7 Å². The molecule has 2 rings (SSSR count). The summed E-state index contributed by atoms with van der Waals surface area (Å²) >= 11 is 0. The summed E-state index contributed by atoms with van der Waals surface area (Å²) < 4.78 is 0. The maximum absolute atomic E-state index is 12.2. The van der Waals surface area contributed by atoms with E-state index < -0.39 is 12.1 Å². The van der Waals surface area contributed by atoms with Crippen LogP contribution < -0.4 is 0 Å². The number of nitrogens with zero attached hydrogens (tertiary/aromatic N) is 1. The lowest BCUT2D eigenvalue weighted by molar-refractivity contribution is -0.137. The SMILES string of the molecule is C[C@H](CCCCc1ccccc1)[C@@H](O)C=C[C@H]1CCC(=O)N1CCCCCCC(=O)O. The molecule has 3 atom stereocenters. The van der Waals surface area contributed by atoms with Crippen LogP contribution in [0.4, 0.5) is 0 Å². The van der Waals surface area contributed by atoms with Gasteiger partial charge in [-0.3, -0.25) is 9.59 Å². The van der Waals surface area contributed by atoms with Crippen molar-refractivity contribution in [1.82, 2.24) is 4.90 Å². The fourth-order valence-corrected chi connectivity index (χ4v) is 4.20. The number of amides is 1. The van der Waals surface area contributed by atoms with Crippen molar-refractivity contribution in [3.8, 4) is 0 Å². The summed E-state index contributed by atoms with van der Waals surface area (Å²) in [6.07, 6.45) is 12.7. The molecule has 1 aromatic rings. The predicted octanol–water partition coefficient (Wildman–Crippen LogP) is 4.98. The highest BCUT2D eigenvalue weighted by molar-refractivity contribution is 5.79. The third-order valence-corrected chi connectivity index (χ3v) is 6.25. The number of benzene rings is 1. The van der Waals surface area contributed by atoms with Crippen molar-refractivity contribution in [2.75, 3.05) is 6.54 Å². The van der Waals surface area contributed by atoms with Crippen LogP contribution in [0.15, 0.2) is 42.5 Å². The maximum Gasteiger partial charge on any atom is 0.303 e. The Morgan fingerprint density at radius 2 is 1.87 bits per heavy atom. The number of hydrogen-bond donors (Lipinski definition) is 2. The highest BCUT2D eigenvalue weighted by Crippen LogP contribution is 2.22. The number of hydrogen-bond acceptors (Lipinski definition) is 3. The summed E-state index contributed by atoms with van der Waals surface area (Å²) in [5.74, 6) is -0.362. The Hall–Kier alpha value is -2.14. The van der Waals surface area contributed by atoms with Gasteiger partial charge < -0.3 is 15.1 Å². The van der Waals surface area contributed by atoms with Gasteiger partial charge in [-0.2, -0.15) is 0 Å². The number of aliphatic hydroxyl groups is 1. The first kappa shape index (κ1) is 25.1. The number of unbranched alkanes of at least 4 members (excludes halogenated alkanes) is 4. The molecule has 5 heteroatoms. The molecule has 172 valence electrons. The Kier molecular flexibility index (Phi) is 11.4. The number of aliphatic carboxylic acids is 1.